The maximum absolute atomic E-state index is 12.9. The van der Waals surface area contributed by atoms with Gasteiger partial charge in [-0.3, -0.25) is 9.59 Å². The van der Waals surface area contributed by atoms with Gasteiger partial charge >= 0.3 is 12.1 Å². The van der Waals surface area contributed by atoms with Gasteiger partial charge in [-0.1, -0.05) is 11.6 Å². The molecular weight excluding hydrogens is 433 g/mol. The number of benzene rings is 1. The Morgan fingerprint density at radius 2 is 1.90 bits per heavy atom. The number of aromatic nitrogens is 1. The molecular formula is C18H18ClF3N2O4S. The number of carbonyl (C=O) groups excluding carboxylic acids is 2. The van der Waals surface area contributed by atoms with Gasteiger partial charge in [0.25, 0.3) is 5.91 Å². The van der Waals surface area contributed by atoms with Crippen molar-refractivity contribution in [1.29, 1.82) is 0 Å². The summed E-state index contributed by atoms with van der Waals surface area (Å²) in [7, 11) is 0. The highest BCUT2D eigenvalue weighted by atomic mass is 35.5. The van der Waals surface area contributed by atoms with E-state index in [0.717, 1.165) is 11.3 Å². The highest BCUT2D eigenvalue weighted by Gasteiger charge is 2.35. The molecule has 0 N–H and O–H groups in total. The molecule has 0 saturated carbocycles. The van der Waals surface area contributed by atoms with Gasteiger partial charge in [0.2, 0.25) is 0 Å². The van der Waals surface area contributed by atoms with Crippen LogP contribution in [0.4, 0.5) is 13.2 Å². The summed E-state index contributed by atoms with van der Waals surface area (Å²) < 4.78 is 48.8. The number of amides is 1. The standard InChI is InChI=1S/C18H18ClF3N2O4S/c1-3-27-15(25)8-24(10-18(20,21)22)17(26)16-11(2)23-14(29-16)9-28-13-6-4-12(19)5-7-13/h4-7H,3,8-10H2,1-2H3. The minimum Gasteiger partial charge on any atom is -0.486 e. The largest absolute Gasteiger partial charge is 0.486 e. The fraction of sp³-hybridized carbons (Fsp3) is 0.389. The molecule has 0 fully saturated rings. The summed E-state index contributed by atoms with van der Waals surface area (Å²) in [6.07, 6.45) is -4.67. The first kappa shape index (κ1) is 23.0. The molecule has 0 aliphatic rings. The van der Waals surface area contributed by atoms with E-state index in [1.165, 1.54) is 13.8 Å². The number of halogens is 4. The van der Waals surface area contributed by atoms with Crippen LogP contribution in [0.2, 0.25) is 5.02 Å². The predicted octanol–water partition coefficient (Wildman–Crippen LogP) is 4.25. The third kappa shape index (κ3) is 7.21. The second-order valence-electron chi connectivity index (χ2n) is 5.85. The Morgan fingerprint density at radius 3 is 2.48 bits per heavy atom. The highest BCUT2D eigenvalue weighted by Crippen LogP contribution is 2.25. The first-order chi connectivity index (χ1) is 13.6. The van der Waals surface area contributed by atoms with E-state index in [4.69, 9.17) is 16.3 Å². The van der Waals surface area contributed by atoms with E-state index in [9.17, 15) is 22.8 Å². The van der Waals surface area contributed by atoms with Crippen LogP contribution in [-0.2, 0) is 16.1 Å². The molecule has 1 aromatic carbocycles. The molecule has 6 nitrogen and oxygen atoms in total. The number of hydrogen-bond acceptors (Lipinski definition) is 6. The Morgan fingerprint density at radius 1 is 1.24 bits per heavy atom. The maximum Gasteiger partial charge on any atom is 0.406 e. The molecule has 158 valence electrons. The SMILES string of the molecule is CCOC(=O)CN(CC(F)(F)F)C(=O)c1sc(COc2ccc(Cl)cc2)nc1C. The summed E-state index contributed by atoms with van der Waals surface area (Å²) in [6.45, 7) is 0.675. The lowest BCUT2D eigenvalue weighted by molar-refractivity contribution is -0.153. The number of alkyl halides is 3. The van der Waals surface area contributed by atoms with Crippen LogP contribution in [-0.4, -0.2) is 47.6 Å². The van der Waals surface area contributed by atoms with E-state index in [1.807, 2.05) is 0 Å². The van der Waals surface area contributed by atoms with E-state index in [0.29, 0.717) is 20.7 Å². The minimum atomic E-state index is -4.67. The number of rotatable bonds is 8. The van der Waals surface area contributed by atoms with Gasteiger partial charge in [0.15, 0.2) is 0 Å². The van der Waals surface area contributed by atoms with Crippen molar-refractivity contribution in [3.63, 3.8) is 0 Å². The number of esters is 1. The molecule has 0 unspecified atom stereocenters. The topological polar surface area (TPSA) is 68.7 Å². The number of aryl methyl sites for hydroxylation is 1. The van der Waals surface area contributed by atoms with E-state index >= 15 is 0 Å². The molecule has 1 aromatic heterocycles. The number of nitrogens with zero attached hydrogens (tertiary/aromatic N) is 2. The zero-order valence-electron chi connectivity index (χ0n) is 15.6. The number of thiazole rings is 1. The van der Waals surface area contributed by atoms with Crippen LogP contribution in [0, 0.1) is 6.92 Å². The fourth-order valence-corrected chi connectivity index (χ4v) is 3.38. The van der Waals surface area contributed by atoms with Gasteiger partial charge in [-0.25, -0.2) is 4.98 Å². The van der Waals surface area contributed by atoms with Crippen molar-refractivity contribution in [3.8, 4) is 5.75 Å². The summed E-state index contributed by atoms with van der Waals surface area (Å²) in [6, 6.07) is 6.59. The maximum atomic E-state index is 12.9. The van der Waals surface area contributed by atoms with Crippen molar-refractivity contribution >= 4 is 34.8 Å². The average Bonchev–Trinajstić information content (AvgIpc) is 3.00. The van der Waals surface area contributed by atoms with Gasteiger partial charge in [0.1, 0.15) is 35.3 Å². The van der Waals surface area contributed by atoms with Crippen LogP contribution in [0.5, 0.6) is 5.75 Å². The average molecular weight is 451 g/mol. The summed E-state index contributed by atoms with van der Waals surface area (Å²) >= 11 is 6.71. The Bertz CT molecular complexity index is 856. The molecule has 11 heteroatoms. The fourth-order valence-electron chi connectivity index (χ4n) is 2.31. The zero-order chi connectivity index (χ0) is 21.6. The molecule has 0 atom stereocenters. The second kappa shape index (κ2) is 9.93. The summed E-state index contributed by atoms with van der Waals surface area (Å²) in [5, 5.41) is 0.950. The Balaban J connectivity index is 2.13. The van der Waals surface area contributed by atoms with E-state index in [-0.39, 0.29) is 23.8 Å². The van der Waals surface area contributed by atoms with Crippen LogP contribution < -0.4 is 4.74 Å². The normalized spacial score (nSPS) is 11.2. The Labute approximate surface area is 174 Å². The third-order valence-electron chi connectivity index (χ3n) is 3.49. The van der Waals surface area contributed by atoms with E-state index in [2.05, 4.69) is 9.72 Å². The van der Waals surface area contributed by atoms with Crippen molar-refractivity contribution < 1.29 is 32.2 Å². The minimum absolute atomic E-state index is 0.00134. The highest BCUT2D eigenvalue weighted by molar-refractivity contribution is 7.13. The van der Waals surface area contributed by atoms with Crippen molar-refractivity contribution in [1.82, 2.24) is 9.88 Å². The van der Waals surface area contributed by atoms with Gasteiger partial charge in [0, 0.05) is 5.02 Å². The van der Waals surface area contributed by atoms with Gasteiger partial charge < -0.3 is 14.4 Å². The number of carbonyl (C=O) groups is 2. The molecule has 1 amide bonds. The second-order valence-corrected chi connectivity index (χ2v) is 7.37. The summed E-state index contributed by atoms with van der Waals surface area (Å²) in [5.74, 6) is -1.34. The first-order valence-electron chi connectivity index (χ1n) is 8.45. The molecule has 0 spiro atoms. The molecule has 0 bridgehead atoms. The lowest BCUT2D eigenvalue weighted by Gasteiger charge is -2.22. The van der Waals surface area contributed by atoms with E-state index in [1.54, 1.807) is 24.3 Å². The zero-order valence-corrected chi connectivity index (χ0v) is 17.2. The molecule has 1 heterocycles. The van der Waals surface area contributed by atoms with Crippen molar-refractivity contribution in [2.45, 2.75) is 26.6 Å². The van der Waals surface area contributed by atoms with Crippen molar-refractivity contribution in [2.75, 3.05) is 19.7 Å². The predicted molar refractivity (Wildman–Crippen MR) is 101 cm³/mol. The van der Waals surface area contributed by atoms with Gasteiger partial charge in [-0.05, 0) is 38.1 Å². The van der Waals surface area contributed by atoms with Crippen LogP contribution in [0.1, 0.15) is 27.3 Å². The van der Waals surface area contributed by atoms with Crippen LogP contribution in [0.3, 0.4) is 0 Å². The first-order valence-corrected chi connectivity index (χ1v) is 9.64. The summed E-state index contributed by atoms with van der Waals surface area (Å²) in [4.78, 5) is 28.9. The van der Waals surface area contributed by atoms with Gasteiger partial charge in [0.05, 0.1) is 12.3 Å². The molecule has 2 aromatic rings. The number of ether oxygens (including phenoxy) is 2. The quantitative estimate of drug-likeness (QED) is 0.562. The third-order valence-corrected chi connectivity index (χ3v) is 4.86. The lowest BCUT2D eigenvalue weighted by Crippen LogP contribution is -2.42. The summed E-state index contributed by atoms with van der Waals surface area (Å²) in [5.41, 5.74) is 0.255. The van der Waals surface area contributed by atoms with Crippen LogP contribution >= 0.6 is 22.9 Å². The van der Waals surface area contributed by atoms with Crippen molar-refractivity contribution in [3.05, 3.63) is 44.9 Å². The van der Waals surface area contributed by atoms with E-state index < -0.39 is 31.1 Å². The smallest absolute Gasteiger partial charge is 0.406 e. The Hall–Kier alpha value is -2.33. The molecule has 0 saturated heterocycles. The van der Waals surface area contributed by atoms with Crippen molar-refractivity contribution in [2.24, 2.45) is 0 Å². The van der Waals surface area contributed by atoms with Gasteiger partial charge in [-0.2, -0.15) is 13.2 Å². The van der Waals surface area contributed by atoms with Gasteiger partial charge in [-0.15, -0.1) is 11.3 Å². The molecule has 29 heavy (non-hydrogen) atoms. The molecule has 0 aliphatic carbocycles. The Kier molecular flexibility index (Phi) is 7.86. The molecule has 0 aliphatic heterocycles. The molecule has 2 rings (SSSR count). The van der Waals surface area contributed by atoms with Crippen LogP contribution in [0.15, 0.2) is 24.3 Å². The lowest BCUT2D eigenvalue weighted by atomic mass is 10.3. The monoisotopic (exact) mass is 450 g/mol. The number of hydrogen-bond donors (Lipinski definition) is 0. The molecule has 0 radical (unpaired) electrons. The van der Waals surface area contributed by atoms with Crippen LogP contribution in [0.25, 0.3) is 0 Å².